The molecule has 7 heteroatoms. The van der Waals surface area contributed by atoms with Gasteiger partial charge in [0.05, 0.1) is 36.6 Å². The monoisotopic (exact) mass is 449 g/mol. The summed E-state index contributed by atoms with van der Waals surface area (Å²) in [5.74, 6) is 0.688. The summed E-state index contributed by atoms with van der Waals surface area (Å²) < 4.78 is 5.82. The van der Waals surface area contributed by atoms with E-state index in [4.69, 9.17) is 4.74 Å². The number of guanidine groups is 1. The van der Waals surface area contributed by atoms with Crippen molar-refractivity contribution in [3.63, 3.8) is 0 Å². The fourth-order valence-corrected chi connectivity index (χ4v) is 4.00. The Morgan fingerprint density at radius 1 is 1.24 bits per heavy atom. The Morgan fingerprint density at radius 2 is 2.00 bits per heavy atom. The molecule has 0 bridgehead atoms. The normalized spacial score (nSPS) is 18.3. The Bertz CT molecular complexity index is 928. The topological polar surface area (TPSA) is 92.9 Å². The number of para-hydroxylation sites is 1. The number of aliphatic hydroxyl groups excluding tert-OH is 1. The van der Waals surface area contributed by atoms with E-state index in [0.717, 1.165) is 43.7 Å². The van der Waals surface area contributed by atoms with Gasteiger partial charge in [-0.1, -0.05) is 42.5 Å². The summed E-state index contributed by atoms with van der Waals surface area (Å²) in [5, 5.41) is 26.6. The van der Waals surface area contributed by atoms with Gasteiger partial charge in [0.2, 0.25) is 0 Å². The second-order valence-corrected chi connectivity index (χ2v) is 8.32. The van der Waals surface area contributed by atoms with Gasteiger partial charge in [-0.05, 0) is 44.4 Å². The van der Waals surface area contributed by atoms with Gasteiger partial charge in [0, 0.05) is 25.7 Å². The molecule has 33 heavy (non-hydrogen) atoms. The third-order valence-electron chi connectivity index (χ3n) is 5.74. The van der Waals surface area contributed by atoms with Crippen LogP contribution in [0.15, 0.2) is 59.6 Å². The van der Waals surface area contributed by atoms with Crippen LogP contribution < -0.4 is 15.5 Å². The van der Waals surface area contributed by atoms with Gasteiger partial charge in [0.1, 0.15) is 6.07 Å². The molecule has 3 unspecified atom stereocenters. The lowest BCUT2D eigenvalue weighted by Crippen LogP contribution is -2.51. The average Bonchev–Trinajstić information content (AvgIpc) is 2.86. The first-order valence-corrected chi connectivity index (χ1v) is 11.7. The van der Waals surface area contributed by atoms with Crippen molar-refractivity contribution in [3.05, 3.63) is 65.7 Å². The van der Waals surface area contributed by atoms with E-state index in [1.165, 1.54) is 0 Å². The minimum absolute atomic E-state index is 0.0827. The lowest BCUT2D eigenvalue weighted by Gasteiger charge is -2.35. The number of hydrogen-bond acceptors (Lipinski definition) is 5. The molecule has 0 aliphatic carbocycles. The summed E-state index contributed by atoms with van der Waals surface area (Å²) in [6, 6.07) is 20.2. The Hall–Kier alpha value is -3.08. The number of nitriles is 1. The summed E-state index contributed by atoms with van der Waals surface area (Å²) in [5.41, 5.74) is 2.77. The summed E-state index contributed by atoms with van der Waals surface area (Å²) in [4.78, 5) is 6.84. The molecule has 1 heterocycles. The highest BCUT2D eigenvalue weighted by atomic mass is 16.5. The average molecular weight is 450 g/mol. The van der Waals surface area contributed by atoms with E-state index < -0.39 is 6.10 Å². The Morgan fingerprint density at radius 3 is 2.76 bits per heavy atom. The minimum Gasteiger partial charge on any atom is -0.389 e. The molecule has 0 radical (unpaired) electrons. The fourth-order valence-electron chi connectivity index (χ4n) is 4.00. The molecule has 0 spiro atoms. The van der Waals surface area contributed by atoms with Crippen LogP contribution >= 0.6 is 0 Å². The smallest absolute Gasteiger partial charge is 0.191 e. The summed E-state index contributed by atoms with van der Waals surface area (Å²) >= 11 is 0. The zero-order valence-electron chi connectivity index (χ0n) is 19.6. The number of anilines is 1. The van der Waals surface area contributed by atoms with Crippen LogP contribution in [0.4, 0.5) is 5.69 Å². The van der Waals surface area contributed by atoms with Crippen molar-refractivity contribution < 1.29 is 9.84 Å². The van der Waals surface area contributed by atoms with Gasteiger partial charge in [0.15, 0.2) is 5.96 Å². The second kappa shape index (κ2) is 12.8. The number of hydrogen-bond donors (Lipinski definition) is 3. The molecule has 3 atom stereocenters. The van der Waals surface area contributed by atoms with E-state index >= 15 is 0 Å². The summed E-state index contributed by atoms with van der Waals surface area (Å²) in [6.07, 6.45) is 1.29. The minimum atomic E-state index is -0.683. The summed E-state index contributed by atoms with van der Waals surface area (Å²) in [7, 11) is 0. The van der Waals surface area contributed by atoms with Crippen LogP contribution in [0.3, 0.4) is 0 Å². The maximum absolute atomic E-state index is 10.4. The molecule has 1 aliphatic rings. The highest BCUT2D eigenvalue weighted by Gasteiger charge is 2.22. The first-order valence-electron chi connectivity index (χ1n) is 11.7. The fraction of sp³-hybridized carbons (Fsp3) is 0.462. The molecule has 2 aromatic carbocycles. The number of ether oxygens (including phenoxy) is 1. The van der Waals surface area contributed by atoms with Crippen molar-refractivity contribution in [2.75, 3.05) is 37.7 Å². The molecule has 3 N–H and O–H groups in total. The third-order valence-corrected chi connectivity index (χ3v) is 5.74. The lowest BCUT2D eigenvalue weighted by atomic mass is 10.0. The number of aliphatic imine (C=N–C) groups is 1. The van der Waals surface area contributed by atoms with Gasteiger partial charge in [-0.25, -0.2) is 0 Å². The summed E-state index contributed by atoms with van der Waals surface area (Å²) in [6.45, 7) is 6.94. The highest BCUT2D eigenvalue weighted by molar-refractivity contribution is 5.80. The van der Waals surface area contributed by atoms with Crippen molar-refractivity contribution in [2.24, 2.45) is 4.99 Å². The number of rotatable bonds is 9. The van der Waals surface area contributed by atoms with Gasteiger partial charge in [0.25, 0.3) is 0 Å². The molecule has 1 aliphatic heterocycles. The van der Waals surface area contributed by atoms with E-state index in [-0.39, 0.29) is 25.3 Å². The first-order chi connectivity index (χ1) is 16.1. The van der Waals surface area contributed by atoms with Crippen molar-refractivity contribution in [2.45, 2.75) is 44.9 Å². The zero-order valence-corrected chi connectivity index (χ0v) is 19.6. The van der Waals surface area contributed by atoms with Crippen LogP contribution in [0.5, 0.6) is 0 Å². The molecule has 2 aromatic rings. The largest absolute Gasteiger partial charge is 0.389 e. The molecular weight excluding hydrogens is 414 g/mol. The van der Waals surface area contributed by atoms with Crippen molar-refractivity contribution >= 4 is 11.6 Å². The van der Waals surface area contributed by atoms with Gasteiger partial charge < -0.3 is 25.4 Å². The van der Waals surface area contributed by atoms with Crippen LogP contribution in [-0.2, 0) is 4.74 Å². The van der Waals surface area contributed by atoms with Crippen LogP contribution in [0.25, 0.3) is 0 Å². The molecule has 3 rings (SSSR count). The van der Waals surface area contributed by atoms with Crippen molar-refractivity contribution in [3.8, 4) is 6.07 Å². The van der Waals surface area contributed by atoms with Crippen LogP contribution in [0.1, 0.15) is 43.9 Å². The predicted molar refractivity (Wildman–Crippen MR) is 132 cm³/mol. The highest BCUT2D eigenvalue weighted by Crippen LogP contribution is 2.23. The zero-order chi connectivity index (χ0) is 23.5. The SMILES string of the molecule is CCNC(=NCC(O)COC(C)c1ccccc1)NC1CCCN(c2ccccc2C#N)C1. The van der Waals surface area contributed by atoms with E-state index in [2.05, 4.69) is 26.6 Å². The Labute approximate surface area is 197 Å². The predicted octanol–water partition coefficient (Wildman–Crippen LogP) is 3.22. The van der Waals surface area contributed by atoms with Crippen molar-refractivity contribution in [1.29, 1.82) is 5.26 Å². The van der Waals surface area contributed by atoms with E-state index in [1.54, 1.807) is 0 Å². The maximum Gasteiger partial charge on any atom is 0.191 e. The van der Waals surface area contributed by atoms with Gasteiger partial charge in [-0.3, -0.25) is 4.99 Å². The molecular formula is C26H35N5O2. The lowest BCUT2D eigenvalue weighted by molar-refractivity contribution is 0.00111. The van der Waals surface area contributed by atoms with Crippen LogP contribution in [0.2, 0.25) is 0 Å². The first kappa shape index (κ1) is 24.6. The van der Waals surface area contributed by atoms with Gasteiger partial charge >= 0.3 is 0 Å². The number of benzene rings is 2. The van der Waals surface area contributed by atoms with E-state index in [0.29, 0.717) is 11.5 Å². The van der Waals surface area contributed by atoms with E-state index in [9.17, 15) is 10.4 Å². The Balaban J connectivity index is 1.53. The van der Waals surface area contributed by atoms with Crippen LogP contribution in [0, 0.1) is 11.3 Å². The molecule has 176 valence electrons. The molecule has 0 aromatic heterocycles. The maximum atomic E-state index is 10.4. The third kappa shape index (κ3) is 7.48. The standard InChI is InChI=1S/C26H35N5O2/c1-3-28-26(29-17-24(32)19-33-20(2)21-10-5-4-6-11-21)30-23-13-9-15-31(18-23)25-14-8-7-12-22(25)16-27/h4-8,10-12,14,20,23-24,32H,3,9,13,15,17-19H2,1-2H3,(H2,28,29,30). The second-order valence-electron chi connectivity index (χ2n) is 8.32. The molecule has 0 amide bonds. The number of aliphatic hydroxyl groups is 1. The van der Waals surface area contributed by atoms with Crippen LogP contribution in [-0.4, -0.2) is 56.0 Å². The number of nitrogens with zero attached hydrogens (tertiary/aromatic N) is 3. The van der Waals surface area contributed by atoms with Gasteiger partial charge in [-0.15, -0.1) is 0 Å². The Kier molecular flexibility index (Phi) is 9.55. The van der Waals surface area contributed by atoms with Crippen molar-refractivity contribution in [1.82, 2.24) is 10.6 Å². The quantitative estimate of drug-likeness (QED) is 0.402. The van der Waals surface area contributed by atoms with Gasteiger partial charge in [-0.2, -0.15) is 5.26 Å². The number of piperidine rings is 1. The molecule has 0 saturated carbocycles. The molecule has 1 saturated heterocycles. The molecule has 7 nitrogen and oxygen atoms in total. The number of nitrogens with one attached hydrogen (secondary N) is 2. The molecule has 1 fully saturated rings. The van der Waals surface area contributed by atoms with E-state index in [1.807, 2.05) is 68.4 Å².